The third kappa shape index (κ3) is 4.93. The number of carbonyl (C=O) groups is 1. The number of hydrogen-bond donors (Lipinski definition) is 2. The Morgan fingerprint density at radius 1 is 1.35 bits per heavy atom. The lowest BCUT2D eigenvalue weighted by Gasteiger charge is -2.20. The second-order valence-electron chi connectivity index (χ2n) is 5.01. The zero-order valence-corrected chi connectivity index (χ0v) is 10.2. The topological polar surface area (TPSA) is 41.1 Å². The van der Waals surface area contributed by atoms with Crippen LogP contribution in [0, 0.1) is 11.3 Å². The Labute approximate surface area is 99.1 Å². The molecule has 0 aromatic carbocycles. The Balaban J connectivity index is 2.14. The zero-order chi connectivity index (χ0) is 13.1. The number of rotatable bonds is 6. The van der Waals surface area contributed by atoms with Crippen molar-refractivity contribution in [2.24, 2.45) is 11.3 Å². The van der Waals surface area contributed by atoms with Crippen LogP contribution in [-0.4, -0.2) is 31.7 Å². The predicted molar refractivity (Wildman–Crippen MR) is 58.4 cm³/mol. The Kier molecular flexibility index (Phi) is 4.41. The first-order valence-electron chi connectivity index (χ1n) is 5.79. The number of halogens is 3. The highest BCUT2D eigenvalue weighted by molar-refractivity contribution is 5.78. The van der Waals surface area contributed by atoms with Crippen LogP contribution in [-0.2, 0) is 4.79 Å². The highest BCUT2D eigenvalue weighted by Gasteiger charge is 2.45. The summed E-state index contributed by atoms with van der Waals surface area (Å²) in [6.07, 6.45) is -2.10. The van der Waals surface area contributed by atoms with Crippen LogP contribution in [0.1, 0.15) is 26.7 Å². The Morgan fingerprint density at radius 2 is 1.94 bits per heavy atom. The minimum Gasteiger partial charge on any atom is -0.354 e. The standard InChI is InChI=1S/C11H19F3N2O/c1-8(2)10(3-4-10)6-16-9(17)5-15-7-11(12,13)14/h8,15H,3-7H2,1-2H3,(H,16,17). The molecule has 1 rings (SSSR count). The summed E-state index contributed by atoms with van der Waals surface area (Å²) < 4.78 is 35.4. The molecule has 2 N–H and O–H groups in total. The van der Waals surface area contributed by atoms with E-state index in [4.69, 9.17) is 0 Å². The molecular weight excluding hydrogens is 233 g/mol. The SMILES string of the molecule is CC(C)C1(CNC(=O)CNCC(F)(F)F)CC1. The van der Waals surface area contributed by atoms with Gasteiger partial charge in [0.1, 0.15) is 0 Å². The number of nitrogens with one attached hydrogen (secondary N) is 2. The molecule has 0 unspecified atom stereocenters. The van der Waals surface area contributed by atoms with E-state index in [9.17, 15) is 18.0 Å². The average molecular weight is 252 g/mol. The normalized spacial score (nSPS) is 18.2. The van der Waals surface area contributed by atoms with E-state index in [1.807, 2.05) is 0 Å². The van der Waals surface area contributed by atoms with Gasteiger partial charge >= 0.3 is 6.18 Å². The minimum atomic E-state index is -4.27. The number of amides is 1. The molecule has 0 saturated heterocycles. The molecule has 1 saturated carbocycles. The van der Waals surface area contributed by atoms with Gasteiger partial charge in [0, 0.05) is 6.54 Å². The Hall–Kier alpha value is -0.780. The molecule has 1 amide bonds. The van der Waals surface area contributed by atoms with E-state index in [0.717, 1.165) is 12.8 Å². The van der Waals surface area contributed by atoms with Crippen LogP contribution >= 0.6 is 0 Å². The molecule has 3 nitrogen and oxygen atoms in total. The number of alkyl halides is 3. The van der Waals surface area contributed by atoms with E-state index in [1.165, 1.54) is 0 Å². The third-order valence-corrected chi connectivity index (χ3v) is 3.37. The van der Waals surface area contributed by atoms with Crippen LogP contribution in [0.4, 0.5) is 13.2 Å². The van der Waals surface area contributed by atoms with Crippen molar-refractivity contribution in [2.45, 2.75) is 32.9 Å². The highest BCUT2D eigenvalue weighted by atomic mass is 19.4. The predicted octanol–water partition coefficient (Wildman–Crippen LogP) is 1.69. The van der Waals surface area contributed by atoms with Gasteiger partial charge in [-0.05, 0) is 24.2 Å². The molecule has 0 aromatic heterocycles. The highest BCUT2D eigenvalue weighted by Crippen LogP contribution is 2.51. The molecule has 1 aliphatic rings. The molecule has 0 heterocycles. The molecule has 0 radical (unpaired) electrons. The summed E-state index contributed by atoms with van der Waals surface area (Å²) in [5.41, 5.74) is 0.180. The fourth-order valence-corrected chi connectivity index (χ4v) is 1.77. The lowest BCUT2D eigenvalue weighted by Crippen LogP contribution is -2.40. The number of hydrogen-bond acceptors (Lipinski definition) is 2. The summed E-state index contributed by atoms with van der Waals surface area (Å²) in [5, 5.41) is 4.76. The monoisotopic (exact) mass is 252 g/mol. The van der Waals surface area contributed by atoms with Gasteiger partial charge in [-0.15, -0.1) is 0 Å². The second kappa shape index (κ2) is 5.25. The van der Waals surface area contributed by atoms with Gasteiger partial charge in [0.25, 0.3) is 0 Å². The zero-order valence-electron chi connectivity index (χ0n) is 10.2. The van der Waals surface area contributed by atoms with Crippen molar-refractivity contribution in [3.05, 3.63) is 0 Å². The molecule has 0 aromatic rings. The maximum absolute atomic E-state index is 11.8. The van der Waals surface area contributed by atoms with Gasteiger partial charge in [0.2, 0.25) is 5.91 Å². The summed E-state index contributed by atoms with van der Waals surface area (Å²) in [6.45, 7) is 3.35. The van der Waals surface area contributed by atoms with Gasteiger partial charge in [0.15, 0.2) is 0 Å². The van der Waals surface area contributed by atoms with Crippen molar-refractivity contribution < 1.29 is 18.0 Å². The van der Waals surface area contributed by atoms with Crippen LogP contribution in [0.2, 0.25) is 0 Å². The van der Waals surface area contributed by atoms with Crippen molar-refractivity contribution in [3.63, 3.8) is 0 Å². The van der Waals surface area contributed by atoms with Gasteiger partial charge in [-0.1, -0.05) is 13.8 Å². The molecule has 0 spiro atoms. The van der Waals surface area contributed by atoms with Crippen molar-refractivity contribution in [2.75, 3.05) is 19.6 Å². The van der Waals surface area contributed by atoms with Crippen LogP contribution in [0.3, 0.4) is 0 Å². The van der Waals surface area contributed by atoms with Gasteiger partial charge in [-0.3, -0.25) is 4.79 Å². The largest absolute Gasteiger partial charge is 0.401 e. The van der Waals surface area contributed by atoms with Crippen molar-refractivity contribution >= 4 is 5.91 Å². The quantitative estimate of drug-likeness (QED) is 0.755. The molecular formula is C11H19F3N2O. The summed E-state index contributed by atoms with van der Waals surface area (Å²) >= 11 is 0. The van der Waals surface area contributed by atoms with Gasteiger partial charge in [-0.2, -0.15) is 13.2 Å². The first-order valence-corrected chi connectivity index (χ1v) is 5.79. The van der Waals surface area contributed by atoms with E-state index in [2.05, 4.69) is 24.5 Å². The lowest BCUT2D eigenvalue weighted by molar-refractivity contribution is -0.128. The maximum atomic E-state index is 11.8. The summed E-state index contributed by atoms with van der Waals surface area (Å²) in [6, 6.07) is 0. The maximum Gasteiger partial charge on any atom is 0.401 e. The van der Waals surface area contributed by atoms with E-state index in [1.54, 1.807) is 0 Å². The first-order chi connectivity index (χ1) is 7.75. The number of carbonyl (C=O) groups excluding carboxylic acids is 1. The molecule has 0 bridgehead atoms. The van der Waals surface area contributed by atoms with E-state index in [-0.39, 0.29) is 17.9 Å². The molecule has 100 valence electrons. The second-order valence-corrected chi connectivity index (χ2v) is 5.01. The van der Waals surface area contributed by atoms with E-state index >= 15 is 0 Å². The summed E-state index contributed by atoms with van der Waals surface area (Å²) in [4.78, 5) is 11.3. The van der Waals surface area contributed by atoms with E-state index in [0.29, 0.717) is 12.5 Å². The molecule has 6 heteroatoms. The molecule has 1 aliphatic carbocycles. The average Bonchev–Trinajstić information content (AvgIpc) is 2.93. The van der Waals surface area contributed by atoms with Gasteiger partial charge < -0.3 is 10.6 Å². The molecule has 17 heavy (non-hydrogen) atoms. The summed E-state index contributed by atoms with van der Waals surface area (Å²) in [7, 11) is 0. The fraction of sp³-hybridized carbons (Fsp3) is 0.909. The molecule has 1 fully saturated rings. The van der Waals surface area contributed by atoms with Crippen LogP contribution in [0.5, 0.6) is 0 Å². The van der Waals surface area contributed by atoms with Crippen LogP contribution in [0.25, 0.3) is 0 Å². The van der Waals surface area contributed by atoms with Crippen molar-refractivity contribution in [1.82, 2.24) is 10.6 Å². The van der Waals surface area contributed by atoms with Gasteiger partial charge in [-0.25, -0.2) is 0 Å². The molecule has 0 aliphatic heterocycles. The Morgan fingerprint density at radius 3 is 2.35 bits per heavy atom. The smallest absolute Gasteiger partial charge is 0.354 e. The minimum absolute atomic E-state index is 0.180. The van der Waals surface area contributed by atoms with E-state index < -0.39 is 12.7 Å². The van der Waals surface area contributed by atoms with Crippen molar-refractivity contribution in [1.29, 1.82) is 0 Å². The lowest BCUT2D eigenvalue weighted by atomic mass is 9.92. The Bertz CT molecular complexity index is 272. The first kappa shape index (κ1) is 14.3. The van der Waals surface area contributed by atoms with Gasteiger partial charge in [0.05, 0.1) is 13.1 Å². The van der Waals surface area contributed by atoms with Crippen LogP contribution in [0.15, 0.2) is 0 Å². The van der Waals surface area contributed by atoms with Crippen LogP contribution < -0.4 is 10.6 Å². The fourth-order valence-electron chi connectivity index (χ4n) is 1.77. The summed E-state index contributed by atoms with van der Waals surface area (Å²) in [5.74, 6) is 0.118. The molecule has 0 atom stereocenters. The third-order valence-electron chi connectivity index (χ3n) is 3.37. The van der Waals surface area contributed by atoms with Crippen molar-refractivity contribution in [3.8, 4) is 0 Å².